The molecule has 1 fully saturated rings. The van der Waals surface area contributed by atoms with Gasteiger partial charge in [-0.1, -0.05) is 25.7 Å². The molecule has 0 unspecified atom stereocenters. The van der Waals surface area contributed by atoms with E-state index in [1.807, 2.05) is 11.5 Å². The highest BCUT2D eigenvalue weighted by Crippen LogP contribution is 2.23. The second-order valence-electron chi connectivity index (χ2n) is 4.91. The molecule has 0 bridgehead atoms. The summed E-state index contributed by atoms with van der Waals surface area (Å²) in [6.07, 6.45) is 10.7. The average molecular weight is 263 g/mol. The summed E-state index contributed by atoms with van der Waals surface area (Å²) in [4.78, 5) is 8.12. The quantitative estimate of drug-likeness (QED) is 0.371. The lowest BCUT2D eigenvalue weighted by Gasteiger charge is -2.14. The van der Waals surface area contributed by atoms with Crippen molar-refractivity contribution in [1.82, 2.24) is 10.5 Å². The van der Waals surface area contributed by atoms with E-state index in [1.54, 1.807) is 12.3 Å². The molecule has 0 atom stereocenters. The lowest BCUT2D eigenvalue weighted by molar-refractivity contribution is 0.226. The van der Waals surface area contributed by atoms with Gasteiger partial charge in [0.15, 0.2) is 0 Å². The summed E-state index contributed by atoms with van der Waals surface area (Å²) < 4.78 is 5.73. The molecular formula is C14H21N3O2. The standard InChI is InChI=1S/C14H21N3O2/c18-17-11-16-13-7-8-14(15-9-13)19-10-12-5-3-1-2-4-6-12/h7-9,11-12,18H,1-6,10H2,(H,16,17). The Hall–Kier alpha value is -1.62. The van der Waals surface area contributed by atoms with E-state index in [1.165, 1.54) is 44.9 Å². The second-order valence-corrected chi connectivity index (χ2v) is 4.91. The molecule has 0 aliphatic heterocycles. The molecule has 0 spiro atoms. The molecule has 0 saturated heterocycles. The Kier molecular flexibility index (Phi) is 5.62. The molecule has 1 heterocycles. The van der Waals surface area contributed by atoms with Crippen LogP contribution in [0.15, 0.2) is 23.3 Å². The van der Waals surface area contributed by atoms with Gasteiger partial charge < -0.3 is 4.74 Å². The zero-order chi connectivity index (χ0) is 13.3. The number of hydroxylamine groups is 1. The molecule has 104 valence electrons. The molecular weight excluding hydrogens is 242 g/mol. The summed E-state index contributed by atoms with van der Waals surface area (Å²) in [6, 6.07) is 3.62. The molecule has 2 rings (SSSR count). The van der Waals surface area contributed by atoms with Crippen LogP contribution >= 0.6 is 0 Å². The van der Waals surface area contributed by atoms with E-state index >= 15 is 0 Å². The summed E-state index contributed by atoms with van der Waals surface area (Å²) in [6.45, 7) is 0.758. The van der Waals surface area contributed by atoms with Gasteiger partial charge in [-0.3, -0.25) is 10.7 Å². The lowest BCUT2D eigenvalue weighted by atomic mass is 10.0. The first kappa shape index (κ1) is 13.8. The maximum atomic E-state index is 8.39. The Balaban J connectivity index is 1.80. The number of hydrogen-bond donors (Lipinski definition) is 2. The van der Waals surface area contributed by atoms with Gasteiger partial charge in [-0.05, 0) is 24.8 Å². The van der Waals surface area contributed by atoms with Gasteiger partial charge in [0.05, 0.1) is 18.5 Å². The Bertz CT molecular complexity index is 384. The lowest BCUT2D eigenvalue weighted by Crippen LogP contribution is -2.11. The van der Waals surface area contributed by atoms with Gasteiger partial charge in [-0.2, -0.15) is 0 Å². The van der Waals surface area contributed by atoms with Gasteiger partial charge in [0.1, 0.15) is 6.34 Å². The van der Waals surface area contributed by atoms with Crippen molar-refractivity contribution >= 4 is 12.0 Å². The Labute approximate surface area is 113 Å². The van der Waals surface area contributed by atoms with E-state index in [-0.39, 0.29) is 0 Å². The SMILES string of the molecule is ONC=Nc1ccc(OCC2CCCCCC2)nc1. The van der Waals surface area contributed by atoms with Crippen LogP contribution in [0, 0.1) is 5.92 Å². The molecule has 5 heteroatoms. The first-order valence-corrected chi connectivity index (χ1v) is 6.89. The summed E-state index contributed by atoms with van der Waals surface area (Å²) >= 11 is 0. The smallest absolute Gasteiger partial charge is 0.213 e. The molecule has 1 aromatic heterocycles. The fourth-order valence-electron chi connectivity index (χ4n) is 2.37. The maximum absolute atomic E-state index is 8.39. The van der Waals surface area contributed by atoms with E-state index in [9.17, 15) is 0 Å². The van der Waals surface area contributed by atoms with Crippen molar-refractivity contribution in [2.75, 3.05) is 6.61 Å². The third-order valence-electron chi connectivity index (χ3n) is 3.43. The summed E-state index contributed by atoms with van der Waals surface area (Å²) in [5.74, 6) is 1.31. The highest BCUT2D eigenvalue weighted by molar-refractivity contribution is 5.59. The van der Waals surface area contributed by atoms with Crippen LogP contribution in [0.25, 0.3) is 0 Å². The fraction of sp³-hybridized carbons (Fsp3) is 0.571. The predicted molar refractivity (Wildman–Crippen MR) is 74.0 cm³/mol. The van der Waals surface area contributed by atoms with Gasteiger partial charge in [-0.25, -0.2) is 9.98 Å². The first-order chi connectivity index (χ1) is 9.38. The first-order valence-electron chi connectivity index (χ1n) is 6.89. The molecule has 5 nitrogen and oxygen atoms in total. The van der Waals surface area contributed by atoms with Gasteiger partial charge in [0, 0.05) is 6.07 Å². The summed E-state index contributed by atoms with van der Waals surface area (Å²) in [7, 11) is 0. The van der Waals surface area contributed by atoms with Crippen LogP contribution in [-0.4, -0.2) is 23.1 Å². The predicted octanol–water partition coefficient (Wildman–Crippen LogP) is 3.07. The van der Waals surface area contributed by atoms with E-state index in [4.69, 9.17) is 9.94 Å². The minimum Gasteiger partial charge on any atom is -0.477 e. The minimum absolute atomic E-state index is 0.639. The topological polar surface area (TPSA) is 66.7 Å². The molecule has 0 amide bonds. The zero-order valence-electron chi connectivity index (χ0n) is 11.1. The third-order valence-corrected chi connectivity index (χ3v) is 3.43. The highest BCUT2D eigenvalue weighted by atomic mass is 16.5. The van der Waals surface area contributed by atoms with E-state index in [0.717, 1.165) is 6.61 Å². The van der Waals surface area contributed by atoms with Crippen LogP contribution in [0.2, 0.25) is 0 Å². The van der Waals surface area contributed by atoms with Crippen molar-refractivity contribution < 1.29 is 9.94 Å². The number of nitrogens with one attached hydrogen (secondary N) is 1. The fourth-order valence-corrected chi connectivity index (χ4v) is 2.37. The van der Waals surface area contributed by atoms with Crippen molar-refractivity contribution in [1.29, 1.82) is 0 Å². The zero-order valence-corrected chi connectivity index (χ0v) is 11.1. The summed E-state index contributed by atoms with van der Waals surface area (Å²) in [5.41, 5.74) is 2.52. The number of rotatable bonds is 5. The molecule has 1 saturated carbocycles. The van der Waals surface area contributed by atoms with Crippen LogP contribution in [0.1, 0.15) is 38.5 Å². The second kappa shape index (κ2) is 7.74. The van der Waals surface area contributed by atoms with E-state index in [0.29, 0.717) is 17.5 Å². The molecule has 1 aliphatic carbocycles. The molecule has 2 N–H and O–H groups in total. The number of ether oxygens (including phenoxy) is 1. The minimum atomic E-state index is 0.639. The largest absolute Gasteiger partial charge is 0.477 e. The van der Waals surface area contributed by atoms with Crippen LogP contribution in [0.5, 0.6) is 5.88 Å². The molecule has 1 aliphatic rings. The number of aliphatic imine (C=N–C) groups is 1. The molecule has 0 radical (unpaired) electrons. The van der Waals surface area contributed by atoms with Crippen molar-refractivity contribution in [2.45, 2.75) is 38.5 Å². The normalized spacial score (nSPS) is 17.3. The number of pyridine rings is 1. The van der Waals surface area contributed by atoms with Crippen LogP contribution < -0.4 is 10.2 Å². The average Bonchev–Trinajstić information content (AvgIpc) is 2.72. The van der Waals surface area contributed by atoms with Crippen LogP contribution in [0.3, 0.4) is 0 Å². The maximum Gasteiger partial charge on any atom is 0.213 e. The Morgan fingerprint density at radius 2 is 2.11 bits per heavy atom. The number of nitrogens with zero attached hydrogens (tertiary/aromatic N) is 2. The van der Waals surface area contributed by atoms with Crippen molar-refractivity contribution in [3.8, 4) is 5.88 Å². The van der Waals surface area contributed by atoms with Crippen molar-refractivity contribution in [2.24, 2.45) is 10.9 Å². The van der Waals surface area contributed by atoms with Gasteiger partial charge >= 0.3 is 0 Å². The van der Waals surface area contributed by atoms with Gasteiger partial charge in [0.2, 0.25) is 5.88 Å². The molecule has 0 aromatic carbocycles. The monoisotopic (exact) mass is 263 g/mol. The van der Waals surface area contributed by atoms with Gasteiger partial charge in [0.25, 0.3) is 0 Å². The summed E-state index contributed by atoms with van der Waals surface area (Å²) in [5, 5.41) is 8.39. The Morgan fingerprint density at radius 3 is 2.74 bits per heavy atom. The highest BCUT2D eigenvalue weighted by Gasteiger charge is 2.13. The molecule has 1 aromatic rings. The number of hydrogen-bond acceptors (Lipinski definition) is 4. The van der Waals surface area contributed by atoms with Crippen molar-refractivity contribution in [3.63, 3.8) is 0 Å². The number of aromatic nitrogens is 1. The van der Waals surface area contributed by atoms with Crippen molar-refractivity contribution in [3.05, 3.63) is 18.3 Å². The molecule has 19 heavy (non-hydrogen) atoms. The Morgan fingerprint density at radius 1 is 1.32 bits per heavy atom. The third kappa shape index (κ3) is 4.87. The van der Waals surface area contributed by atoms with Crippen LogP contribution in [-0.2, 0) is 0 Å². The van der Waals surface area contributed by atoms with Crippen LogP contribution in [0.4, 0.5) is 5.69 Å². The van der Waals surface area contributed by atoms with E-state index < -0.39 is 0 Å². The van der Waals surface area contributed by atoms with Gasteiger partial charge in [-0.15, -0.1) is 0 Å². The van der Waals surface area contributed by atoms with E-state index in [2.05, 4.69) is 9.98 Å².